The van der Waals surface area contributed by atoms with Crippen molar-refractivity contribution in [2.75, 3.05) is 7.05 Å². The van der Waals surface area contributed by atoms with E-state index < -0.39 is 29.5 Å². The summed E-state index contributed by atoms with van der Waals surface area (Å²) in [5, 5.41) is 13.0. The minimum Gasteiger partial charge on any atom is -0.485 e. The Kier molecular flexibility index (Phi) is 3.26. The number of hydrogen-bond acceptors (Lipinski definition) is 3. The van der Waals surface area contributed by atoms with Gasteiger partial charge in [-0.05, 0) is 39.1 Å². The van der Waals surface area contributed by atoms with Gasteiger partial charge in [0.2, 0.25) is 0 Å². The van der Waals surface area contributed by atoms with Crippen LogP contribution in [0.3, 0.4) is 0 Å². The molecule has 0 spiro atoms. The van der Waals surface area contributed by atoms with Crippen molar-refractivity contribution in [1.82, 2.24) is 5.32 Å². The summed E-state index contributed by atoms with van der Waals surface area (Å²) in [4.78, 5) is 0. The van der Waals surface area contributed by atoms with Gasteiger partial charge in [-0.1, -0.05) is 0 Å². The maximum absolute atomic E-state index is 12.7. The minimum absolute atomic E-state index is 0.323. The van der Waals surface area contributed by atoms with Gasteiger partial charge in [-0.2, -0.15) is 13.2 Å². The quantitative estimate of drug-likeness (QED) is 0.827. The van der Waals surface area contributed by atoms with E-state index in [4.69, 9.17) is 4.74 Å². The van der Waals surface area contributed by atoms with Crippen LogP contribution in [0.4, 0.5) is 13.2 Å². The van der Waals surface area contributed by atoms with E-state index >= 15 is 0 Å². The molecule has 1 aromatic carbocycles. The maximum Gasteiger partial charge on any atom is 0.416 e. The SMILES string of the molecule is CN[C@H]1c2cc(C(F)(F)F)ccc2OC(C)(C)[C@@H]1O. The maximum atomic E-state index is 12.7. The molecule has 3 nitrogen and oxygen atoms in total. The summed E-state index contributed by atoms with van der Waals surface area (Å²) in [5.74, 6) is 0.364. The van der Waals surface area contributed by atoms with Crippen molar-refractivity contribution in [3.8, 4) is 5.75 Å². The number of aliphatic hydroxyl groups is 1. The van der Waals surface area contributed by atoms with Crippen LogP contribution in [0, 0.1) is 0 Å². The molecule has 106 valence electrons. The molecular formula is C13H16F3NO2. The lowest BCUT2D eigenvalue weighted by Gasteiger charge is -2.42. The van der Waals surface area contributed by atoms with Crippen LogP contribution in [0.1, 0.15) is 31.0 Å². The van der Waals surface area contributed by atoms with E-state index in [1.807, 2.05) is 0 Å². The summed E-state index contributed by atoms with van der Waals surface area (Å²) in [6.07, 6.45) is -5.35. The van der Waals surface area contributed by atoms with Crippen molar-refractivity contribution in [2.45, 2.75) is 37.8 Å². The van der Waals surface area contributed by atoms with Gasteiger partial charge in [-0.3, -0.25) is 0 Å². The van der Waals surface area contributed by atoms with E-state index in [0.717, 1.165) is 12.1 Å². The third-order valence-electron chi connectivity index (χ3n) is 3.38. The summed E-state index contributed by atoms with van der Waals surface area (Å²) in [7, 11) is 1.60. The van der Waals surface area contributed by atoms with Crippen molar-refractivity contribution < 1.29 is 23.0 Å². The van der Waals surface area contributed by atoms with E-state index in [0.29, 0.717) is 11.3 Å². The van der Waals surface area contributed by atoms with Gasteiger partial charge in [0.25, 0.3) is 0 Å². The first kappa shape index (κ1) is 14.1. The van der Waals surface area contributed by atoms with Crippen LogP contribution in [0.5, 0.6) is 5.75 Å². The molecule has 0 bridgehead atoms. The number of halogens is 3. The number of ether oxygens (including phenoxy) is 1. The summed E-state index contributed by atoms with van der Waals surface area (Å²) >= 11 is 0. The Morgan fingerprint density at radius 2 is 1.95 bits per heavy atom. The van der Waals surface area contributed by atoms with Gasteiger partial charge in [0.05, 0.1) is 11.6 Å². The Balaban J connectivity index is 2.52. The summed E-state index contributed by atoms with van der Waals surface area (Å²) in [6.45, 7) is 3.39. The monoisotopic (exact) mass is 275 g/mol. The topological polar surface area (TPSA) is 41.5 Å². The highest BCUT2D eigenvalue weighted by atomic mass is 19.4. The van der Waals surface area contributed by atoms with Crippen LogP contribution in [0.15, 0.2) is 18.2 Å². The van der Waals surface area contributed by atoms with E-state index in [9.17, 15) is 18.3 Å². The lowest BCUT2D eigenvalue weighted by Crippen LogP contribution is -2.52. The molecule has 2 N–H and O–H groups in total. The third kappa shape index (κ3) is 2.42. The lowest BCUT2D eigenvalue weighted by atomic mass is 9.86. The zero-order chi connectivity index (χ0) is 14.4. The molecule has 6 heteroatoms. The Morgan fingerprint density at radius 1 is 1.32 bits per heavy atom. The van der Waals surface area contributed by atoms with Crippen molar-refractivity contribution in [3.05, 3.63) is 29.3 Å². The van der Waals surface area contributed by atoms with Crippen molar-refractivity contribution >= 4 is 0 Å². The van der Waals surface area contributed by atoms with E-state index in [-0.39, 0.29) is 0 Å². The van der Waals surface area contributed by atoms with Gasteiger partial charge in [0.15, 0.2) is 0 Å². The Bertz CT molecular complexity index is 485. The first-order valence-electron chi connectivity index (χ1n) is 5.92. The summed E-state index contributed by atoms with van der Waals surface area (Å²) in [6, 6.07) is 2.71. The molecule has 0 unspecified atom stereocenters. The van der Waals surface area contributed by atoms with Crippen LogP contribution in [0.2, 0.25) is 0 Å². The number of likely N-dealkylation sites (N-methyl/N-ethyl adjacent to an activating group) is 1. The molecule has 0 fully saturated rings. The average Bonchev–Trinajstić information content (AvgIpc) is 2.28. The van der Waals surface area contributed by atoms with Crippen molar-refractivity contribution in [1.29, 1.82) is 0 Å². The van der Waals surface area contributed by atoms with Crippen molar-refractivity contribution in [2.24, 2.45) is 0 Å². The highest BCUT2D eigenvalue weighted by Gasteiger charge is 2.43. The zero-order valence-corrected chi connectivity index (χ0v) is 10.9. The second kappa shape index (κ2) is 4.38. The molecule has 0 saturated carbocycles. The number of rotatable bonds is 1. The highest BCUT2D eigenvalue weighted by Crippen LogP contribution is 2.42. The Hall–Kier alpha value is -1.27. The largest absolute Gasteiger partial charge is 0.485 e. The number of nitrogens with one attached hydrogen (secondary N) is 1. The second-order valence-electron chi connectivity index (χ2n) is 5.17. The molecule has 2 atom stereocenters. The fourth-order valence-corrected chi connectivity index (χ4v) is 2.29. The molecule has 0 aromatic heterocycles. The fourth-order valence-electron chi connectivity index (χ4n) is 2.29. The molecule has 0 saturated heterocycles. The van der Waals surface area contributed by atoms with Crippen LogP contribution in [-0.2, 0) is 6.18 Å². The number of benzene rings is 1. The molecule has 0 amide bonds. The highest BCUT2D eigenvalue weighted by molar-refractivity contribution is 5.43. The predicted molar refractivity (Wildman–Crippen MR) is 64.0 cm³/mol. The second-order valence-corrected chi connectivity index (χ2v) is 5.17. The minimum atomic E-state index is -4.41. The number of alkyl halides is 3. The van der Waals surface area contributed by atoms with Crippen LogP contribution >= 0.6 is 0 Å². The van der Waals surface area contributed by atoms with Gasteiger partial charge in [-0.25, -0.2) is 0 Å². The Labute approximate surface area is 109 Å². The Morgan fingerprint density at radius 3 is 2.47 bits per heavy atom. The first-order valence-corrected chi connectivity index (χ1v) is 5.92. The van der Waals surface area contributed by atoms with Crippen LogP contribution in [-0.4, -0.2) is 23.9 Å². The predicted octanol–water partition coefficient (Wildman–Crippen LogP) is 2.50. The molecular weight excluding hydrogens is 259 g/mol. The average molecular weight is 275 g/mol. The third-order valence-corrected chi connectivity index (χ3v) is 3.38. The van der Waals surface area contributed by atoms with Crippen LogP contribution in [0.25, 0.3) is 0 Å². The first-order chi connectivity index (χ1) is 8.66. The van der Waals surface area contributed by atoms with Crippen molar-refractivity contribution in [3.63, 3.8) is 0 Å². The van der Waals surface area contributed by atoms with Gasteiger partial charge >= 0.3 is 6.18 Å². The van der Waals surface area contributed by atoms with Gasteiger partial charge < -0.3 is 15.2 Å². The van der Waals surface area contributed by atoms with E-state index in [1.165, 1.54) is 6.07 Å². The molecule has 1 aromatic rings. The molecule has 0 aliphatic carbocycles. The van der Waals surface area contributed by atoms with Crippen LogP contribution < -0.4 is 10.1 Å². The molecule has 1 heterocycles. The standard InChI is InChI=1S/C13H16F3NO2/c1-12(2)11(18)10(17-3)8-6-7(13(14,15)16)4-5-9(8)19-12/h4-6,10-11,17-18H,1-3H3/t10-,11+/m0/s1. The smallest absolute Gasteiger partial charge is 0.416 e. The molecule has 19 heavy (non-hydrogen) atoms. The summed E-state index contributed by atoms with van der Waals surface area (Å²) < 4.78 is 43.7. The van der Waals surface area contributed by atoms with Gasteiger partial charge in [-0.15, -0.1) is 0 Å². The zero-order valence-electron chi connectivity index (χ0n) is 10.9. The molecule has 2 rings (SSSR count). The lowest BCUT2D eigenvalue weighted by molar-refractivity contribution is -0.137. The van der Waals surface area contributed by atoms with Gasteiger partial charge in [0, 0.05) is 5.56 Å². The molecule has 1 aliphatic heterocycles. The number of aliphatic hydroxyl groups excluding tert-OH is 1. The normalized spacial score (nSPS) is 25.6. The molecule has 0 radical (unpaired) electrons. The molecule has 1 aliphatic rings. The van der Waals surface area contributed by atoms with E-state index in [1.54, 1.807) is 20.9 Å². The number of hydrogen-bond donors (Lipinski definition) is 2. The fraction of sp³-hybridized carbons (Fsp3) is 0.538. The number of fused-ring (bicyclic) bond motifs is 1. The summed E-state index contributed by atoms with van der Waals surface area (Å²) in [5.41, 5.74) is -1.29. The van der Waals surface area contributed by atoms with E-state index in [2.05, 4.69) is 5.32 Å². The van der Waals surface area contributed by atoms with Gasteiger partial charge in [0.1, 0.15) is 17.5 Å².